The molecule has 1 aromatic heterocycles. The monoisotopic (exact) mass is 308 g/mol. The number of hydrogen-bond acceptors (Lipinski definition) is 2. The lowest BCUT2D eigenvalue weighted by molar-refractivity contribution is -0.0152. The first-order valence-electron chi connectivity index (χ1n) is 7.74. The lowest BCUT2D eigenvalue weighted by Crippen LogP contribution is -2.29. The van der Waals surface area contributed by atoms with Gasteiger partial charge in [-0.15, -0.1) is 0 Å². The van der Waals surface area contributed by atoms with Crippen LogP contribution in [0.15, 0.2) is 67.0 Å². The molecular formula is C19H17FN2O. The number of benzene rings is 2. The van der Waals surface area contributed by atoms with Gasteiger partial charge >= 0.3 is 0 Å². The Kier molecular flexibility index (Phi) is 3.46. The average molecular weight is 308 g/mol. The zero-order valence-corrected chi connectivity index (χ0v) is 12.7. The van der Waals surface area contributed by atoms with Gasteiger partial charge in [-0.2, -0.15) is 5.10 Å². The Hall–Kier alpha value is -2.46. The summed E-state index contributed by atoms with van der Waals surface area (Å²) in [6.45, 7) is 1.31. The Labute approximate surface area is 134 Å². The maximum absolute atomic E-state index is 13.3. The lowest BCUT2D eigenvalue weighted by Gasteiger charge is -2.30. The predicted molar refractivity (Wildman–Crippen MR) is 85.3 cm³/mol. The summed E-state index contributed by atoms with van der Waals surface area (Å²) in [6.07, 6.45) is 4.46. The predicted octanol–water partition coefficient (Wildman–Crippen LogP) is 3.89. The minimum absolute atomic E-state index is 0.234. The molecule has 3 aromatic rings. The fourth-order valence-corrected chi connectivity index (χ4v) is 3.33. The summed E-state index contributed by atoms with van der Waals surface area (Å²) >= 11 is 0. The van der Waals surface area contributed by atoms with E-state index in [0.29, 0.717) is 6.61 Å². The zero-order chi connectivity index (χ0) is 15.7. The van der Waals surface area contributed by atoms with Gasteiger partial charge in [-0.25, -0.2) is 4.39 Å². The fourth-order valence-electron chi connectivity index (χ4n) is 3.33. The number of halogens is 1. The van der Waals surface area contributed by atoms with Crippen LogP contribution in [0.3, 0.4) is 0 Å². The van der Waals surface area contributed by atoms with Crippen LogP contribution >= 0.6 is 0 Å². The van der Waals surface area contributed by atoms with Crippen LogP contribution in [-0.4, -0.2) is 9.78 Å². The van der Waals surface area contributed by atoms with Crippen LogP contribution in [0.25, 0.3) is 0 Å². The van der Waals surface area contributed by atoms with Gasteiger partial charge in [-0.05, 0) is 34.9 Å². The smallest absolute Gasteiger partial charge is 0.123 e. The topological polar surface area (TPSA) is 27.1 Å². The Bertz CT molecular complexity index is 799. The Morgan fingerprint density at radius 1 is 1.09 bits per heavy atom. The highest BCUT2D eigenvalue weighted by Crippen LogP contribution is 2.44. The molecule has 3 nitrogen and oxygen atoms in total. The van der Waals surface area contributed by atoms with Gasteiger partial charge < -0.3 is 4.74 Å². The number of nitrogens with zero attached hydrogens (tertiary/aromatic N) is 2. The van der Waals surface area contributed by atoms with Gasteiger partial charge in [0.25, 0.3) is 0 Å². The van der Waals surface area contributed by atoms with Crippen LogP contribution < -0.4 is 0 Å². The summed E-state index contributed by atoms with van der Waals surface area (Å²) < 4.78 is 21.5. The molecule has 0 saturated heterocycles. The van der Waals surface area contributed by atoms with Crippen LogP contribution in [0.1, 0.15) is 23.1 Å². The molecule has 0 amide bonds. The number of hydrogen-bond donors (Lipinski definition) is 0. The van der Waals surface area contributed by atoms with E-state index in [-0.39, 0.29) is 5.82 Å². The van der Waals surface area contributed by atoms with E-state index in [9.17, 15) is 4.39 Å². The van der Waals surface area contributed by atoms with Gasteiger partial charge in [-0.3, -0.25) is 4.68 Å². The molecule has 0 saturated carbocycles. The van der Waals surface area contributed by atoms with E-state index < -0.39 is 5.60 Å². The number of rotatable bonds is 4. The summed E-state index contributed by atoms with van der Waals surface area (Å²) in [5.74, 6) is -0.234. The maximum atomic E-state index is 13.3. The van der Waals surface area contributed by atoms with Crippen LogP contribution in [0.2, 0.25) is 0 Å². The molecule has 4 heteroatoms. The third-order valence-corrected chi connectivity index (χ3v) is 4.49. The van der Waals surface area contributed by atoms with Gasteiger partial charge in [0.1, 0.15) is 11.4 Å². The van der Waals surface area contributed by atoms with E-state index in [0.717, 1.165) is 18.5 Å². The summed E-state index contributed by atoms with van der Waals surface area (Å²) in [4.78, 5) is 0. The first-order valence-corrected chi connectivity index (χ1v) is 7.74. The molecule has 0 N–H and O–H groups in total. The summed E-state index contributed by atoms with van der Waals surface area (Å²) in [5, 5.41) is 4.27. The molecule has 0 bridgehead atoms. The standard InChI is InChI=1S/C19H17FN2O/c20-17-8-6-16(7-9-17)19(10-13-22-12-3-11-21-22)18-5-2-1-4-15(18)14-23-19/h1-9,11-12H,10,13-14H2. The zero-order valence-electron chi connectivity index (χ0n) is 12.7. The van der Waals surface area contributed by atoms with Gasteiger partial charge in [0.15, 0.2) is 0 Å². The largest absolute Gasteiger partial charge is 0.361 e. The molecule has 4 rings (SSSR count). The summed E-state index contributed by atoms with van der Waals surface area (Å²) in [5.41, 5.74) is 2.79. The van der Waals surface area contributed by atoms with Crippen LogP contribution in [0.4, 0.5) is 4.39 Å². The van der Waals surface area contributed by atoms with E-state index in [4.69, 9.17) is 4.74 Å². The van der Waals surface area contributed by atoms with E-state index in [1.54, 1.807) is 6.20 Å². The molecule has 1 unspecified atom stereocenters. The van der Waals surface area contributed by atoms with Crippen molar-refractivity contribution in [2.45, 2.75) is 25.2 Å². The minimum atomic E-state index is -0.545. The van der Waals surface area contributed by atoms with Gasteiger partial charge in [0.05, 0.1) is 6.61 Å². The van der Waals surface area contributed by atoms with Crippen molar-refractivity contribution in [3.05, 3.63) is 89.5 Å². The summed E-state index contributed by atoms with van der Waals surface area (Å²) in [7, 11) is 0. The van der Waals surface area contributed by atoms with E-state index in [2.05, 4.69) is 17.2 Å². The normalized spacial score (nSPS) is 19.7. The molecule has 2 heterocycles. The van der Waals surface area contributed by atoms with Crippen molar-refractivity contribution in [2.75, 3.05) is 0 Å². The average Bonchev–Trinajstić information content (AvgIpc) is 3.22. The molecule has 1 aliphatic rings. The molecule has 1 atom stereocenters. The second-order valence-corrected chi connectivity index (χ2v) is 5.80. The highest BCUT2D eigenvalue weighted by atomic mass is 19.1. The van der Waals surface area contributed by atoms with Crippen molar-refractivity contribution in [1.29, 1.82) is 0 Å². The molecule has 23 heavy (non-hydrogen) atoms. The lowest BCUT2D eigenvalue weighted by atomic mass is 9.83. The van der Waals surface area contributed by atoms with Crippen LogP contribution in [-0.2, 0) is 23.5 Å². The third-order valence-electron chi connectivity index (χ3n) is 4.49. The van der Waals surface area contributed by atoms with Crippen molar-refractivity contribution < 1.29 is 9.13 Å². The second kappa shape index (κ2) is 5.63. The van der Waals surface area contributed by atoms with Crippen LogP contribution in [0, 0.1) is 5.82 Å². The van der Waals surface area contributed by atoms with Crippen molar-refractivity contribution in [3.8, 4) is 0 Å². The Balaban J connectivity index is 1.76. The van der Waals surface area contributed by atoms with E-state index in [1.165, 1.54) is 23.3 Å². The second-order valence-electron chi connectivity index (χ2n) is 5.80. The number of aromatic nitrogens is 2. The molecule has 116 valence electrons. The van der Waals surface area contributed by atoms with Crippen LogP contribution in [0.5, 0.6) is 0 Å². The molecule has 0 spiro atoms. The first-order chi connectivity index (χ1) is 11.3. The minimum Gasteiger partial charge on any atom is -0.361 e. The quantitative estimate of drug-likeness (QED) is 0.731. The van der Waals surface area contributed by atoms with E-state index in [1.807, 2.05) is 41.2 Å². The van der Waals surface area contributed by atoms with Gasteiger partial charge in [0, 0.05) is 25.4 Å². The number of fused-ring (bicyclic) bond motifs is 1. The number of aryl methyl sites for hydroxylation is 1. The highest BCUT2D eigenvalue weighted by molar-refractivity contribution is 5.44. The molecule has 0 aliphatic carbocycles. The van der Waals surface area contributed by atoms with Crippen molar-refractivity contribution in [1.82, 2.24) is 9.78 Å². The van der Waals surface area contributed by atoms with Gasteiger partial charge in [0.2, 0.25) is 0 Å². The highest BCUT2D eigenvalue weighted by Gasteiger charge is 2.41. The third kappa shape index (κ3) is 2.45. The first kappa shape index (κ1) is 14.2. The molecular weight excluding hydrogens is 291 g/mol. The summed E-state index contributed by atoms with van der Waals surface area (Å²) in [6, 6.07) is 16.8. The van der Waals surface area contributed by atoms with Crippen molar-refractivity contribution in [2.24, 2.45) is 0 Å². The van der Waals surface area contributed by atoms with E-state index >= 15 is 0 Å². The Morgan fingerprint density at radius 2 is 1.91 bits per heavy atom. The Morgan fingerprint density at radius 3 is 2.70 bits per heavy atom. The fraction of sp³-hybridized carbons (Fsp3) is 0.211. The molecule has 0 fully saturated rings. The van der Waals surface area contributed by atoms with Gasteiger partial charge in [-0.1, -0.05) is 36.4 Å². The molecule has 2 aromatic carbocycles. The SMILES string of the molecule is Fc1ccc(C2(CCn3cccn3)OCc3ccccc32)cc1. The molecule has 1 aliphatic heterocycles. The molecule has 0 radical (unpaired) electrons. The van der Waals surface area contributed by atoms with Crippen molar-refractivity contribution in [3.63, 3.8) is 0 Å². The number of ether oxygens (including phenoxy) is 1. The maximum Gasteiger partial charge on any atom is 0.123 e. The van der Waals surface area contributed by atoms with Crippen molar-refractivity contribution >= 4 is 0 Å².